The highest BCUT2D eigenvalue weighted by atomic mass is 32.2. The van der Waals surface area contributed by atoms with E-state index in [1.54, 1.807) is 24.3 Å². The van der Waals surface area contributed by atoms with Gasteiger partial charge in [-0.05, 0) is 68.1 Å². The molecule has 9 nitrogen and oxygen atoms in total. The molecule has 0 spiro atoms. The quantitative estimate of drug-likeness (QED) is 0.114. The van der Waals surface area contributed by atoms with Crippen molar-refractivity contribution >= 4 is 53.7 Å². The molecule has 45 heavy (non-hydrogen) atoms. The Labute approximate surface area is 257 Å². The molecule has 0 amide bonds. The highest BCUT2D eigenvalue weighted by Crippen LogP contribution is 2.33. The number of hydrogen-bond acceptors (Lipinski definition) is 7. The molecule has 0 fully saturated rings. The number of benzene rings is 6. The second-order valence-corrected chi connectivity index (χ2v) is 12.9. The van der Waals surface area contributed by atoms with E-state index in [0.29, 0.717) is 22.3 Å². The van der Waals surface area contributed by atoms with Crippen molar-refractivity contribution in [3.63, 3.8) is 0 Å². The molecule has 6 aromatic carbocycles. The van der Waals surface area contributed by atoms with Crippen LogP contribution in [0.2, 0.25) is 0 Å². The van der Waals surface area contributed by atoms with Crippen LogP contribution in [-0.2, 0) is 25.0 Å². The van der Waals surface area contributed by atoms with Gasteiger partial charge < -0.3 is 4.74 Å². The Balaban J connectivity index is 1.37. The molecule has 224 valence electrons. The minimum Gasteiger partial charge on any atom is -0.386 e. The molecule has 6 rings (SSSR count). The first-order valence-corrected chi connectivity index (χ1v) is 16.3. The molecule has 0 aliphatic carbocycles. The lowest BCUT2D eigenvalue weighted by molar-refractivity contribution is 0.0391. The van der Waals surface area contributed by atoms with Gasteiger partial charge in [0.05, 0.1) is 11.1 Å². The summed E-state index contributed by atoms with van der Waals surface area (Å²) < 4.78 is 74.3. The van der Waals surface area contributed by atoms with Gasteiger partial charge in [-0.3, -0.25) is 9.11 Å². The highest BCUT2D eigenvalue weighted by molar-refractivity contribution is 7.86. The van der Waals surface area contributed by atoms with Crippen LogP contribution in [0.5, 0.6) is 0 Å². The van der Waals surface area contributed by atoms with E-state index >= 15 is 0 Å². The predicted molar refractivity (Wildman–Crippen MR) is 168 cm³/mol. The van der Waals surface area contributed by atoms with Crippen LogP contribution in [0.25, 0.3) is 43.8 Å². The van der Waals surface area contributed by atoms with Gasteiger partial charge in [0.1, 0.15) is 9.79 Å². The SMILES string of the molecule is O=C(OC(=O)c1ccc(-c2cccc3ccccc23)cc1S(=O)(=O)O)c1ccc(-c2cccc3ccccc23)cc1S(=O)(=O)O. The normalized spacial score (nSPS) is 11.9. The molecular weight excluding hydrogens is 616 g/mol. The van der Waals surface area contributed by atoms with E-state index in [0.717, 1.165) is 45.8 Å². The Bertz CT molecular complexity index is 2220. The smallest absolute Gasteiger partial charge is 0.347 e. The third-order valence-electron chi connectivity index (χ3n) is 7.35. The second kappa shape index (κ2) is 11.4. The Morgan fingerprint density at radius 1 is 0.489 bits per heavy atom. The average molecular weight is 639 g/mol. The molecule has 0 radical (unpaired) electrons. The van der Waals surface area contributed by atoms with Gasteiger partial charge >= 0.3 is 11.9 Å². The molecule has 2 N–H and O–H groups in total. The summed E-state index contributed by atoms with van der Waals surface area (Å²) in [6.07, 6.45) is 0. The zero-order valence-electron chi connectivity index (χ0n) is 23.1. The van der Waals surface area contributed by atoms with Crippen molar-refractivity contribution in [2.24, 2.45) is 0 Å². The van der Waals surface area contributed by atoms with Crippen molar-refractivity contribution in [1.82, 2.24) is 0 Å². The van der Waals surface area contributed by atoms with Gasteiger partial charge in [-0.25, -0.2) is 9.59 Å². The first kappa shape index (κ1) is 29.9. The second-order valence-electron chi connectivity index (χ2n) is 10.1. The number of rotatable bonds is 6. The van der Waals surface area contributed by atoms with E-state index in [1.165, 1.54) is 12.1 Å². The first-order valence-electron chi connectivity index (χ1n) is 13.4. The maximum Gasteiger partial charge on any atom is 0.347 e. The largest absolute Gasteiger partial charge is 0.386 e. The third kappa shape index (κ3) is 5.85. The number of ether oxygens (including phenoxy) is 1. The average Bonchev–Trinajstić information content (AvgIpc) is 3.02. The van der Waals surface area contributed by atoms with E-state index in [1.807, 2.05) is 60.7 Å². The Morgan fingerprint density at radius 3 is 1.27 bits per heavy atom. The van der Waals surface area contributed by atoms with Gasteiger partial charge in [0, 0.05) is 0 Å². The third-order valence-corrected chi connectivity index (χ3v) is 9.13. The molecule has 0 unspecified atom stereocenters. The van der Waals surface area contributed by atoms with Crippen LogP contribution < -0.4 is 0 Å². The van der Waals surface area contributed by atoms with Gasteiger partial charge in [-0.2, -0.15) is 16.8 Å². The summed E-state index contributed by atoms with van der Waals surface area (Å²) in [6, 6.07) is 32.7. The Hall–Kier alpha value is -5.20. The van der Waals surface area contributed by atoms with Crippen molar-refractivity contribution in [3.05, 3.63) is 132 Å². The molecule has 11 heteroatoms. The monoisotopic (exact) mass is 638 g/mol. The van der Waals surface area contributed by atoms with Crippen LogP contribution in [0.15, 0.2) is 131 Å². The van der Waals surface area contributed by atoms with Crippen molar-refractivity contribution < 1.29 is 40.3 Å². The fraction of sp³-hybridized carbons (Fsp3) is 0. The Morgan fingerprint density at radius 2 is 0.867 bits per heavy atom. The van der Waals surface area contributed by atoms with Gasteiger partial charge in [0.2, 0.25) is 0 Å². The molecule has 0 aromatic heterocycles. The van der Waals surface area contributed by atoms with Crippen LogP contribution in [-0.4, -0.2) is 37.9 Å². The fourth-order valence-electron chi connectivity index (χ4n) is 5.29. The molecule has 0 heterocycles. The summed E-state index contributed by atoms with van der Waals surface area (Å²) in [6.45, 7) is 0. The Kier molecular flexibility index (Phi) is 7.55. The molecule has 0 aliphatic rings. The summed E-state index contributed by atoms with van der Waals surface area (Å²) in [5, 5.41) is 3.32. The van der Waals surface area contributed by atoms with Crippen LogP contribution in [0, 0.1) is 0 Å². The topological polar surface area (TPSA) is 152 Å². The minimum atomic E-state index is -5.00. The standard InChI is InChI=1S/C34H22O9S2/c35-33(29-17-15-23(19-31(29)44(37,38)39)27-13-5-9-21-7-1-3-11-25(21)27)43-34(36)30-18-16-24(20-32(30)45(40,41)42)28-14-6-10-22-8-2-4-12-26(22)28/h1-20H,(H,37,38,39)(H,40,41,42). The lowest BCUT2D eigenvalue weighted by atomic mass is 9.97. The van der Waals surface area contributed by atoms with Crippen molar-refractivity contribution in [1.29, 1.82) is 0 Å². The van der Waals surface area contributed by atoms with Gasteiger partial charge in [-0.1, -0.05) is 97.1 Å². The van der Waals surface area contributed by atoms with Crippen LogP contribution in [0.3, 0.4) is 0 Å². The summed E-state index contributed by atoms with van der Waals surface area (Å²) >= 11 is 0. The zero-order valence-corrected chi connectivity index (χ0v) is 24.7. The molecule has 0 saturated carbocycles. The van der Waals surface area contributed by atoms with Crippen molar-refractivity contribution in [2.45, 2.75) is 9.79 Å². The van der Waals surface area contributed by atoms with E-state index < -0.39 is 53.1 Å². The predicted octanol–water partition coefficient (Wildman–Crippen LogP) is 6.82. The number of hydrogen-bond donors (Lipinski definition) is 2. The van der Waals surface area contributed by atoms with E-state index in [2.05, 4.69) is 0 Å². The lowest BCUT2D eigenvalue weighted by Gasteiger charge is -2.13. The fourth-order valence-corrected chi connectivity index (χ4v) is 6.70. The van der Waals surface area contributed by atoms with E-state index in [9.17, 15) is 35.5 Å². The molecule has 0 atom stereocenters. The number of carbonyl (C=O) groups is 2. The van der Waals surface area contributed by atoms with Crippen LogP contribution >= 0.6 is 0 Å². The summed E-state index contributed by atoms with van der Waals surface area (Å²) in [5.41, 5.74) is 0.655. The molecule has 6 aromatic rings. The van der Waals surface area contributed by atoms with Gasteiger partial charge in [0.25, 0.3) is 20.2 Å². The van der Waals surface area contributed by atoms with Gasteiger partial charge in [-0.15, -0.1) is 0 Å². The number of carbonyl (C=O) groups excluding carboxylic acids is 2. The van der Waals surface area contributed by atoms with Crippen molar-refractivity contribution in [3.8, 4) is 22.3 Å². The summed E-state index contributed by atoms with van der Waals surface area (Å²) in [5.74, 6) is -2.92. The molecule has 0 aliphatic heterocycles. The maximum atomic E-state index is 13.1. The minimum absolute atomic E-state index is 0.361. The zero-order chi connectivity index (χ0) is 31.9. The molecule has 0 bridgehead atoms. The first-order chi connectivity index (χ1) is 21.4. The maximum absolute atomic E-state index is 13.1. The summed E-state index contributed by atoms with van der Waals surface area (Å²) in [7, 11) is -9.99. The number of esters is 2. The molecular formula is C34H22O9S2. The van der Waals surface area contributed by atoms with E-state index in [-0.39, 0.29) is 0 Å². The number of fused-ring (bicyclic) bond motifs is 2. The lowest BCUT2D eigenvalue weighted by Crippen LogP contribution is -2.18. The van der Waals surface area contributed by atoms with Crippen LogP contribution in [0.1, 0.15) is 20.7 Å². The highest BCUT2D eigenvalue weighted by Gasteiger charge is 2.28. The summed E-state index contributed by atoms with van der Waals surface area (Å²) in [4.78, 5) is 24.6. The molecule has 0 saturated heterocycles. The van der Waals surface area contributed by atoms with E-state index in [4.69, 9.17) is 4.74 Å². The van der Waals surface area contributed by atoms with Crippen LogP contribution in [0.4, 0.5) is 0 Å². The van der Waals surface area contributed by atoms with Gasteiger partial charge in [0.15, 0.2) is 0 Å². The van der Waals surface area contributed by atoms with Crippen molar-refractivity contribution in [2.75, 3.05) is 0 Å².